The summed E-state index contributed by atoms with van der Waals surface area (Å²) in [5, 5.41) is 0. The SMILES string of the molecule is O=C1CCC2(CCCN(Cc3ccccc3)C2)CN1CCc1cnc[nH]1. The maximum Gasteiger partial charge on any atom is 0.222 e. The van der Waals surface area contributed by atoms with Crippen molar-refractivity contribution in [1.29, 1.82) is 0 Å². The zero-order valence-electron chi connectivity index (χ0n) is 15.4. The number of hydrogen-bond donors (Lipinski definition) is 1. The van der Waals surface area contributed by atoms with Crippen LogP contribution < -0.4 is 0 Å². The van der Waals surface area contributed by atoms with Crippen molar-refractivity contribution in [3.8, 4) is 0 Å². The van der Waals surface area contributed by atoms with Gasteiger partial charge in [-0.15, -0.1) is 0 Å². The van der Waals surface area contributed by atoms with Gasteiger partial charge in [-0.3, -0.25) is 9.69 Å². The van der Waals surface area contributed by atoms with Gasteiger partial charge in [0.25, 0.3) is 0 Å². The van der Waals surface area contributed by atoms with Crippen LogP contribution in [0.25, 0.3) is 0 Å². The summed E-state index contributed by atoms with van der Waals surface area (Å²) >= 11 is 0. The van der Waals surface area contributed by atoms with Crippen molar-refractivity contribution in [2.45, 2.75) is 38.6 Å². The number of amides is 1. The summed E-state index contributed by atoms with van der Waals surface area (Å²) in [6.07, 6.45) is 8.63. The smallest absolute Gasteiger partial charge is 0.222 e. The third kappa shape index (κ3) is 3.98. The predicted octanol–water partition coefficient (Wildman–Crippen LogP) is 2.86. The van der Waals surface area contributed by atoms with Crippen molar-refractivity contribution in [2.75, 3.05) is 26.2 Å². The Hall–Kier alpha value is -2.14. The monoisotopic (exact) mass is 352 g/mol. The van der Waals surface area contributed by atoms with Crippen LogP contribution in [0.4, 0.5) is 0 Å². The van der Waals surface area contributed by atoms with E-state index in [1.807, 2.05) is 6.20 Å². The van der Waals surface area contributed by atoms with Crippen LogP contribution >= 0.6 is 0 Å². The molecule has 5 heteroatoms. The number of carbonyl (C=O) groups excluding carboxylic acids is 1. The largest absolute Gasteiger partial charge is 0.348 e. The number of rotatable bonds is 5. The van der Waals surface area contributed by atoms with E-state index in [9.17, 15) is 4.79 Å². The number of likely N-dealkylation sites (tertiary alicyclic amines) is 2. The van der Waals surface area contributed by atoms with E-state index in [1.54, 1.807) is 6.33 Å². The average molecular weight is 352 g/mol. The molecule has 4 rings (SSSR count). The third-order valence-corrected chi connectivity index (χ3v) is 5.94. The first-order valence-corrected chi connectivity index (χ1v) is 9.74. The molecule has 1 aromatic carbocycles. The molecule has 2 aliphatic rings. The minimum absolute atomic E-state index is 0.273. The minimum Gasteiger partial charge on any atom is -0.348 e. The van der Waals surface area contributed by atoms with Crippen molar-refractivity contribution < 1.29 is 4.79 Å². The number of hydrogen-bond acceptors (Lipinski definition) is 3. The summed E-state index contributed by atoms with van der Waals surface area (Å²) in [6, 6.07) is 10.7. The molecule has 138 valence electrons. The van der Waals surface area contributed by atoms with Gasteiger partial charge < -0.3 is 9.88 Å². The molecule has 2 saturated heterocycles. The molecule has 1 aromatic heterocycles. The number of benzene rings is 1. The number of imidazole rings is 1. The number of aromatic amines is 1. The van der Waals surface area contributed by atoms with E-state index in [0.29, 0.717) is 12.3 Å². The number of H-pyrrole nitrogens is 1. The molecule has 2 aliphatic heterocycles. The van der Waals surface area contributed by atoms with Crippen molar-refractivity contribution >= 4 is 5.91 Å². The standard InChI is InChI=1S/C21H28N4O/c26-20-7-10-21(16-25(20)12-8-19-13-22-17-23-19)9-4-11-24(15-21)14-18-5-2-1-3-6-18/h1-3,5-6,13,17H,4,7-12,14-16H2,(H,22,23). The molecule has 1 spiro atoms. The van der Waals surface area contributed by atoms with Crippen molar-refractivity contribution in [3.05, 3.63) is 54.1 Å². The quantitative estimate of drug-likeness (QED) is 0.900. The number of nitrogens with zero attached hydrogens (tertiary/aromatic N) is 3. The van der Waals surface area contributed by atoms with E-state index in [4.69, 9.17) is 0 Å². The van der Waals surface area contributed by atoms with Crippen LogP contribution in [-0.4, -0.2) is 51.9 Å². The molecule has 0 saturated carbocycles. The Morgan fingerprint density at radius 2 is 2.04 bits per heavy atom. The molecule has 3 heterocycles. The van der Waals surface area contributed by atoms with Crippen molar-refractivity contribution in [3.63, 3.8) is 0 Å². The molecule has 0 aliphatic carbocycles. The van der Waals surface area contributed by atoms with Crippen LogP contribution in [0.1, 0.15) is 36.9 Å². The zero-order chi connectivity index (χ0) is 17.8. The number of aromatic nitrogens is 2. The lowest BCUT2D eigenvalue weighted by molar-refractivity contribution is -0.139. The van der Waals surface area contributed by atoms with Crippen molar-refractivity contribution in [2.24, 2.45) is 5.41 Å². The summed E-state index contributed by atoms with van der Waals surface area (Å²) in [4.78, 5) is 24.3. The van der Waals surface area contributed by atoms with Crippen LogP contribution in [0, 0.1) is 5.41 Å². The molecular formula is C21H28N4O. The molecule has 26 heavy (non-hydrogen) atoms. The highest BCUT2D eigenvalue weighted by atomic mass is 16.2. The van der Waals surface area contributed by atoms with Gasteiger partial charge in [-0.05, 0) is 31.4 Å². The fourth-order valence-electron chi connectivity index (χ4n) is 4.60. The van der Waals surface area contributed by atoms with Crippen LogP contribution in [0.15, 0.2) is 42.9 Å². The lowest BCUT2D eigenvalue weighted by atomic mass is 9.73. The van der Waals surface area contributed by atoms with E-state index in [-0.39, 0.29) is 5.41 Å². The van der Waals surface area contributed by atoms with Gasteiger partial charge in [0.15, 0.2) is 0 Å². The van der Waals surface area contributed by atoms with Crippen LogP contribution in [0.5, 0.6) is 0 Å². The van der Waals surface area contributed by atoms with Crippen LogP contribution in [0.2, 0.25) is 0 Å². The number of carbonyl (C=O) groups is 1. The fraction of sp³-hybridized carbons (Fsp3) is 0.524. The molecule has 2 fully saturated rings. The van der Waals surface area contributed by atoms with E-state index < -0.39 is 0 Å². The molecule has 1 atom stereocenters. The average Bonchev–Trinajstić information content (AvgIpc) is 3.17. The Kier molecular flexibility index (Phi) is 5.07. The third-order valence-electron chi connectivity index (χ3n) is 5.94. The lowest BCUT2D eigenvalue weighted by Gasteiger charge is -2.48. The van der Waals surface area contributed by atoms with Gasteiger partial charge in [-0.1, -0.05) is 30.3 Å². The second kappa shape index (κ2) is 7.62. The maximum absolute atomic E-state index is 12.4. The highest BCUT2D eigenvalue weighted by molar-refractivity contribution is 5.77. The fourth-order valence-corrected chi connectivity index (χ4v) is 4.60. The minimum atomic E-state index is 0.273. The summed E-state index contributed by atoms with van der Waals surface area (Å²) in [6.45, 7) is 4.99. The topological polar surface area (TPSA) is 52.2 Å². The molecule has 1 amide bonds. The second-order valence-corrected chi connectivity index (χ2v) is 7.94. The van der Waals surface area contributed by atoms with Gasteiger partial charge >= 0.3 is 0 Å². The Balaban J connectivity index is 1.39. The highest BCUT2D eigenvalue weighted by Crippen LogP contribution is 2.39. The summed E-state index contributed by atoms with van der Waals surface area (Å²) in [5.41, 5.74) is 2.76. The van der Waals surface area contributed by atoms with Crippen LogP contribution in [-0.2, 0) is 17.8 Å². The van der Waals surface area contributed by atoms with Crippen molar-refractivity contribution in [1.82, 2.24) is 19.8 Å². The highest BCUT2D eigenvalue weighted by Gasteiger charge is 2.41. The van der Waals surface area contributed by atoms with Gasteiger partial charge in [0.05, 0.1) is 6.33 Å². The van der Waals surface area contributed by atoms with E-state index >= 15 is 0 Å². The first kappa shape index (κ1) is 17.3. The molecule has 5 nitrogen and oxygen atoms in total. The Bertz CT molecular complexity index is 715. The molecule has 0 bridgehead atoms. The Morgan fingerprint density at radius 3 is 2.85 bits per heavy atom. The summed E-state index contributed by atoms with van der Waals surface area (Å²) in [5.74, 6) is 0.315. The van der Waals surface area contributed by atoms with Gasteiger partial charge in [-0.2, -0.15) is 0 Å². The summed E-state index contributed by atoms with van der Waals surface area (Å²) in [7, 11) is 0. The lowest BCUT2D eigenvalue weighted by Crippen LogP contribution is -2.54. The predicted molar refractivity (Wildman–Crippen MR) is 101 cm³/mol. The van der Waals surface area contributed by atoms with E-state index in [0.717, 1.165) is 44.7 Å². The number of nitrogens with one attached hydrogen (secondary N) is 1. The molecule has 0 radical (unpaired) electrons. The normalized spacial score (nSPS) is 24.3. The summed E-state index contributed by atoms with van der Waals surface area (Å²) < 4.78 is 0. The zero-order valence-corrected chi connectivity index (χ0v) is 15.4. The first-order chi connectivity index (χ1) is 12.7. The van der Waals surface area contributed by atoms with Gasteiger partial charge in [0.1, 0.15) is 0 Å². The molecular weight excluding hydrogens is 324 g/mol. The first-order valence-electron chi connectivity index (χ1n) is 9.74. The molecule has 1 N–H and O–H groups in total. The number of piperidine rings is 2. The van der Waals surface area contributed by atoms with E-state index in [1.165, 1.54) is 24.9 Å². The van der Waals surface area contributed by atoms with Gasteiger partial charge in [0.2, 0.25) is 5.91 Å². The van der Waals surface area contributed by atoms with Gasteiger partial charge in [-0.25, -0.2) is 4.98 Å². The maximum atomic E-state index is 12.4. The molecule has 2 aromatic rings. The van der Waals surface area contributed by atoms with E-state index in [2.05, 4.69) is 50.1 Å². The Morgan fingerprint density at radius 1 is 1.15 bits per heavy atom. The van der Waals surface area contributed by atoms with Gasteiger partial charge in [0, 0.05) is 56.3 Å². The Labute approximate surface area is 155 Å². The van der Waals surface area contributed by atoms with Crippen LogP contribution in [0.3, 0.4) is 0 Å². The second-order valence-electron chi connectivity index (χ2n) is 7.94. The molecule has 1 unspecified atom stereocenters.